The Balaban J connectivity index is 1.29. The Morgan fingerprint density at radius 1 is 0.963 bits per heavy atom. The van der Waals surface area contributed by atoms with Gasteiger partial charge >= 0.3 is 0 Å². The third-order valence-electron chi connectivity index (χ3n) is 5.00. The maximum absolute atomic E-state index is 5.73. The highest BCUT2D eigenvalue weighted by atomic mass is 16.7. The van der Waals surface area contributed by atoms with Crippen molar-refractivity contribution in [1.82, 2.24) is 4.98 Å². The first-order chi connectivity index (χ1) is 13.4. The van der Waals surface area contributed by atoms with Crippen molar-refractivity contribution in [3.05, 3.63) is 30.1 Å². The van der Waals surface area contributed by atoms with Crippen LogP contribution >= 0.6 is 0 Å². The van der Waals surface area contributed by atoms with E-state index in [0.717, 1.165) is 51.7 Å². The summed E-state index contributed by atoms with van der Waals surface area (Å²) >= 11 is 0. The van der Waals surface area contributed by atoms with E-state index in [0.29, 0.717) is 0 Å². The second-order valence-corrected chi connectivity index (χ2v) is 7.46. The van der Waals surface area contributed by atoms with Crippen LogP contribution in [0.15, 0.2) is 24.5 Å². The molecule has 1 fully saturated rings. The monoisotopic (exact) mass is 371 g/mol. The second-order valence-electron chi connectivity index (χ2n) is 7.46. The molecule has 0 radical (unpaired) electrons. The summed E-state index contributed by atoms with van der Waals surface area (Å²) in [6, 6.07) is 4.19. The number of rotatable bonds is 13. The summed E-state index contributed by atoms with van der Waals surface area (Å²) in [5.41, 5.74) is 1.36. The average molecular weight is 372 g/mol. The van der Waals surface area contributed by atoms with Gasteiger partial charge in [0.25, 0.3) is 0 Å². The number of ether oxygens (including phenoxy) is 2. The molecule has 1 aliphatic rings. The Kier molecular flexibility index (Phi) is 12.7. The van der Waals surface area contributed by atoms with Crippen LogP contribution in [0, 0.1) is 11.8 Å². The third kappa shape index (κ3) is 11.8. The van der Waals surface area contributed by atoms with E-state index >= 15 is 0 Å². The summed E-state index contributed by atoms with van der Waals surface area (Å²) in [7, 11) is 0. The second kappa shape index (κ2) is 15.7. The lowest BCUT2D eigenvalue weighted by Gasteiger charge is -2.22. The van der Waals surface area contributed by atoms with E-state index in [4.69, 9.17) is 9.47 Å². The Hall–Kier alpha value is -1.37. The summed E-state index contributed by atoms with van der Waals surface area (Å²) in [5.74, 6) is 6.64. The maximum Gasteiger partial charge on any atom is 0.157 e. The minimum atomic E-state index is 0.0557. The highest BCUT2D eigenvalue weighted by Gasteiger charge is 2.12. The fourth-order valence-electron chi connectivity index (χ4n) is 3.35. The molecule has 0 aromatic carbocycles. The number of hydrogen-bond donors (Lipinski definition) is 0. The molecule has 2 heterocycles. The van der Waals surface area contributed by atoms with E-state index in [9.17, 15) is 0 Å². The largest absolute Gasteiger partial charge is 0.353 e. The fraction of sp³-hybridized carbons (Fsp3) is 0.708. The number of unbranched alkanes of at least 4 members (excludes halogenated alkanes) is 8. The third-order valence-corrected chi connectivity index (χ3v) is 5.00. The van der Waals surface area contributed by atoms with Gasteiger partial charge in [-0.3, -0.25) is 4.98 Å². The molecule has 27 heavy (non-hydrogen) atoms. The first-order valence-electron chi connectivity index (χ1n) is 11.0. The molecule has 0 amide bonds. The standard InChI is InChI=1S/C24H37NO2/c1(3-5-7-9-11-16-23-17-15-19-25-22-23)2-4-6-8-10-13-20-26-24-18-12-14-21-27-24/h15,17,19,22,24H,1-3,5,7-14,16,18,20-21H2. The van der Waals surface area contributed by atoms with Gasteiger partial charge in [0.15, 0.2) is 6.29 Å². The van der Waals surface area contributed by atoms with Crippen LogP contribution in [0.1, 0.15) is 89.0 Å². The van der Waals surface area contributed by atoms with Crippen molar-refractivity contribution in [2.24, 2.45) is 0 Å². The van der Waals surface area contributed by atoms with Gasteiger partial charge in [0.05, 0.1) is 0 Å². The lowest BCUT2D eigenvalue weighted by atomic mass is 10.1. The van der Waals surface area contributed by atoms with Gasteiger partial charge in [-0.2, -0.15) is 0 Å². The zero-order valence-electron chi connectivity index (χ0n) is 17.0. The molecule has 0 saturated carbocycles. The molecule has 1 aliphatic heterocycles. The smallest absolute Gasteiger partial charge is 0.157 e. The van der Waals surface area contributed by atoms with Gasteiger partial charge in [0.2, 0.25) is 0 Å². The van der Waals surface area contributed by atoms with Crippen LogP contribution < -0.4 is 0 Å². The van der Waals surface area contributed by atoms with Crippen molar-refractivity contribution < 1.29 is 9.47 Å². The van der Waals surface area contributed by atoms with Crippen molar-refractivity contribution in [3.8, 4) is 11.8 Å². The summed E-state index contributed by atoms with van der Waals surface area (Å²) in [6.45, 7) is 1.68. The summed E-state index contributed by atoms with van der Waals surface area (Å²) in [6.07, 6.45) is 20.7. The van der Waals surface area contributed by atoms with E-state index in [1.165, 1.54) is 56.9 Å². The van der Waals surface area contributed by atoms with Crippen LogP contribution in [-0.4, -0.2) is 24.5 Å². The van der Waals surface area contributed by atoms with Gasteiger partial charge < -0.3 is 9.47 Å². The lowest BCUT2D eigenvalue weighted by molar-refractivity contribution is -0.162. The van der Waals surface area contributed by atoms with Crippen LogP contribution in [0.25, 0.3) is 0 Å². The van der Waals surface area contributed by atoms with Crippen LogP contribution in [0.5, 0.6) is 0 Å². The molecule has 1 unspecified atom stereocenters. The first-order valence-corrected chi connectivity index (χ1v) is 11.0. The molecule has 0 bridgehead atoms. The predicted molar refractivity (Wildman–Crippen MR) is 111 cm³/mol. The topological polar surface area (TPSA) is 31.4 Å². The Morgan fingerprint density at radius 2 is 1.74 bits per heavy atom. The Morgan fingerprint density at radius 3 is 2.48 bits per heavy atom. The quantitative estimate of drug-likeness (QED) is 0.311. The van der Waals surface area contributed by atoms with Gasteiger partial charge in [0, 0.05) is 38.4 Å². The number of aryl methyl sites for hydroxylation is 1. The normalized spacial score (nSPS) is 16.7. The van der Waals surface area contributed by atoms with Gasteiger partial charge in [-0.15, -0.1) is 11.8 Å². The van der Waals surface area contributed by atoms with E-state index < -0.39 is 0 Å². The number of hydrogen-bond acceptors (Lipinski definition) is 3. The minimum Gasteiger partial charge on any atom is -0.353 e. The van der Waals surface area contributed by atoms with Gasteiger partial charge in [-0.05, 0) is 63.0 Å². The Labute approximate surface area is 166 Å². The molecule has 1 saturated heterocycles. The summed E-state index contributed by atoms with van der Waals surface area (Å²) < 4.78 is 11.3. The number of aromatic nitrogens is 1. The van der Waals surface area contributed by atoms with Crippen molar-refractivity contribution in [3.63, 3.8) is 0 Å². The number of pyridine rings is 1. The Bertz CT molecular complexity index is 514. The van der Waals surface area contributed by atoms with E-state index in [1.807, 2.05) is 18.5 Å². The molecule has 0 aliphatic carbocycles. The zero-order chi connectivity index (χ0) is 18.8. The molecular weight excluding hydrogens is 334 g/mol. The predicted octanol–water partition coefficient (Wildman–Crippen LogP) is 6.07. The molecule has 1 aromatic heterocycles. The van der Waals surface area contributed by atoms with Crippen LogP contribution in [0.3, 0.4) is 0 Å². The van der Waals surface area contributed by atoms with Crippen LogP contribution in [-0.2, 0) is 15.9 Å². The van der Waals surface area contributed by atoms with E-state index in [2.05, 4.69) is 22.9 Å². The van der Waals surface area contributed by atoms with Gasteiger partial charge in [-0.25, -0.2) is 0 Å². The van der Waals surface area contributed by atoms with Crippen LogP contribution in [0.2, 0.25) is 0 Å². The lowest BCUT2D eigenvalue weighted by Crippen LogP contribution is -2.22. The minimum absolute atomic E-state index is 0.0557. The van der Waals surface area contributed by atoms with E-state index in [1.54, 1.807) is 0 Å². The first kappa shape index (κ1) is 21.9. The molecule has 3 nitrogen and oxygen atoms in total. The molecule has 0 spiro atoms. The summed E-state index contributed by atoms with van der Waals surface area (Å²) in [5, 5.41) is 0. The zero-order valence-corrected chi connectivity index (χ0v) is 17.0. The molecule has 2 rings (SSSR count). The summed E-state index contributed by atoms with van der Waals surface area (Å²) in [4.78, 5) is 4.16. The maximum atomic E-state index is 5.73. The van der Waals surface area contributed by atoms with Gasteiger partial charge in [0.1, 0.15) is 0 Å². The van der Waals surface area contributed by atoms with E-state index in [-0.39, 0.29) is 6.29 Å². The number of nitrogens with zero attached hydrogens (tertiary/aromatic N) is 1. The molecule has 3 heteroatoms. The highest BCUT2D eigenvalue weighted by molar-refractivity contribution is 5.08. The van der Waals surface area contributed by atoms with Crippen molar-refractivity contribution in [2.75, 3.05) is 13.2 Å². The van der Waals surface area contributed by atoms with Crippen molar-refractivity contribution in [1.29, 1.82) is 0 Å². The highest BCUT2D eigenvalue weighted by Crippen LogP contribution is 2.14. The molecule has 1 atom stereocenters. The average Bonchev–Trinajstić information content (AvgIpc) is 2.72. The van der Waals surface area contributed by atoms with Gasteiger partial charge in [-0.1, -0.05) is 31.7 Å². The SMILES string of the molecule is C(#CCCCCOC1CCCCO1)CCCCCCCCc1cccnc1. The molecule has 1 aromatic rings. The van der Waals surface area contributed by atoms with Crippen molar-refractivity contribution >= 4 is 0 Å². The van der Waals surface area contributed by atoms with Crippen molar-refractivity contribution in [2.45, 2.75) is 96.2 Å². The molecule has 150 valence electrons. The fourth-order valence-corrected chi connectivity index (χ4v) is 3.35. The van der Waals surface area contributed by atoms with Crippen LogP contribution in [0.4, 0.5) is 0 Å². The molecular formula is C24H37NO2. The molecule has 0 N–H and O–H groups in total.